The average Bonchev–Trinajstić information content (AvgIpc) is 2.46. The Labute approximate surface area is 124 Å². The summed E-state index contributed by atoms with van der Waals surface area (Å²) in [5.74, 6) is 0. The first-order valence-electron chi connectivity index (χ1n) is 6.45. The number of benzene rings is 1. The van der Waals surface area contributed by atoms with Crippen molar-refractivity contribution in [1.29, 1.82) is 5.26 Å². The van der Waals surface area contributed by atoms with Gasteiger partial charge < -0.3 is 4.90 Å². The van der Waals surface area contributed by atoms with Gasteiger partial charge in [-0.15, -0.1) is 0 Å². The zero-order valence-electron chi connectivity index (χ0n) is 11.2. The number of piperazine rings is 1. The zero-order chi connectivity index (χ0) is 14.8. The van der Waals surface area contributed by atoms with E-state index < -0.39 is 10.0 Å². The first kappa shape index (κ1) is 15.3. The summed E-state index contributed by atoms with van der Waals surface area (Å²) in [6.07, 6.45) is 0. The lowest BCUT2D eigenvalue weighted by Crippen LogP contribution is -3.17. The van der Waals surface area contributed by atoms with Gasteiger partial charge in [-0.25, -0.2) is 8.42 Å². The van der Waals surface area contributed by atoms with Gasteiger partial charge >= 0.3 is 0 Å². The monoisotopic (exact) mass is 314 g/mol. The molecule has 0 saturated carbocycles. The van der Waals surface area contributed by atoms with Crippen molar-refractivity contribution in [3.63, 3.8) is 0 Å². The first-order valence-corrected chi connectivity index (χ1v) is 8.27. The van der Waals surface area contributed by atoms with Crippen LogP contribution in [0.1, 0.15) is 6.92 Å². The highest BCUT2D eigenvalue weighted by Crippen LogP contribution is 2.19. The molecule has 1 atom stereocenters. The van der Waals surface area contributed by atoms with Gasteiger partial charge in [0.25, 0.3) is 0 Å². The fourth-order valence-corrected chi connectivity index (χ4v) is 4.06. The molecule has 1 aliphatic heterocycles. The summed E-state index contributed by atoms with van der Waals surface area (Å²) in [6.45, 7) is 4.01. The highest BCUT2D eigenvalue weighted by atomic mass is 35.5. The number of hydrogen-bond donors (Lipinski definition) is 1. The van der Waals surface area contributed by atoms with E-state index in [1.54, 1.807) is 18.2 Å². The number of nitrogens with zero attached hydrogens (tertiary/aromatic N) is 2. The lowest BCUT2D eigenvalue weighted by molar-refractivity contribution is -0.918. The smallest absolute Gasteiger partial charge is 0.243 e. The Hall–Kier alpha value is -1.13. The summed E-state index contributed by atoms with van der Waals surface area (Å²) in [6, 6.07) is 8.40. The molecule has 0 spiro atoms. The third-order valence-corrected chi connectivity index (χ3v) is 5.73. The number of quaternary nitrogens is 1. The topological polar surface area (TPSA) is 65.6 Å². The van der Waals surface area contributed by atoms with Crippen molar-refractivity contribution in [3.8, 4) is 6.07 Å². The Bertz CT molecular complexity index is 619. The summed E-state index contributed by atoms with van der Waals surface area (Å²) in [4.78, 5) is 1.35. The number of sulfonamides is 1. The molecule has 0 bridgehead atoms. The van der Waals surface area contributed by atoms with Crippen molar-refractivity contribution < 1.29 is 13.3 Å². The van der Waals surface area contributed by atoms with Crippen molar-refractivity contribution in [3.05, 3.63) is 29.3 Å². The second-order valence-corrected chi connectivity index (χ2v) is 7.24. The second kappa shape index (κ2) is 6.10. The molecular formula is C13H17ClN3O2S+. The maximum atomic E-state index is 12.5. The van der Waals surface area contributed by atoms with E-state index >= 15 is 0 Å². The van der Waals surface area contributed by atoms with E-state index in [0.29, 0.717) is 31.2 Å². The van der Waals surface area contributed by atoms with E-state index in [2.05, 4.69) is 6.07 Å². The van der Waals surface area contributed by atoms with E-state index in [1.165, 1.54) is 10.4 Å². The van der Waals surface area contributed by atoms with Crippen molar-refractivity contribution in [1.82, 2.24) is 4.31 Å². The normalized spacial score (nSPS) is 19.4. The van der Waals surface area contributed by atoms with Crippen LogP contribution in [0.2, 0.25) is 5.02 Å². The van der Waals surface area contributed by atoms with E-state index in [9.17, 15) is 8.42 Å². The Balaban J connectivity index is 2.12. The number of hydrogen-bond acceptors (Lipinski definition) is 3. The molecule has 20 heavy (non-hydrogen) atoms. The molecule has 5 nitrogen and oxygen atoms in total. The zero-order valence-corrected chi connectivity index (χ0v) is 12.8. The highest BCUT2D eigenvalue weighted by molar-refractivity contribution is 7.89. The van der Waals surface area contributed by atoms with Crippen LogP contribution in [0.5, 0.6) is 0 Å². The van der Waals surface area contributed by atoms with Crippen LogP contribution in [0.3, 0.4) is 0 Å². The number of nitriles is 1. The van der Waals surface area contributed by atoms with Gasteiger partial charge in [-0.2, -0.15) is 9.57 Å². The largest absolute Gasteiger partial charge is 0.319 e. The molecule has 1 aromatic carbocycles. The van der Waals surface area contributed by atoms with E-state index in [4.69, 9.17) is 16.9 Å². The maximum absolute atomic E-state index is 12.5. The molecule has 1 aliphatic rings. The number of halogens is 1. The molecule has 0 aromatic heterocycles. The third-order valence-electron chi connectivity index (χ3n) is 3.60. The summed E-state index contributed by atoms with van der Waals surface area (Å²) in [5.41, 5.74) is 0. The molecule has 0 radical (unpaired) electrons. The summed E-state index contributed by atoms with van der Waals surface area (Å²) in [7, 11) is -3.49. The fourth-order valence-electron chi connectivity index (χ4n) is 2.31. The van der Waals surface area contributed by atoms with Gasteiger partial charge in [0.1, 0.15) is 6.07 Å². The Morgan fingerprint density at radius 3 is 2.60 bits per heavy atom. The Morgan fingerprint density at radius 1 is 1.40 bits per heavy atom. The van der Waals surface area contributed by atoms with Crippen LogP contribution in [-0.4, -0.2) is 44.9 Å². The maximum Gasteiger partial charge on any atom is 0.243 e. The fraction of sp³-hybridized carbons (Fsp3) is 0.462. The van der Waals surface area contributed by atoms with E-state index in [0.717, 1.165) is 4.90 Å². The van der Waals surface area contributed by atoms with Crippen molar-refractivity contribution in [2.24, 2.45) is 0 Å². The lowest BCUT2D eigenvalue weighted by atomic mass is 10.2. The minimum absolute atomic E-state index is 0.106. The molecule has 0 unspecified atom stereocenters. The minimum atomic E-state index is -3.49. The summed E-state index contributed by atoms with van der Waals surface area (Å²) in [5, 5.41) is 9.31. The van der Waals surface area contributed by atoms with Gasteiger partial charge in [0, 0.05) is 11.9 Å². The van der Waals surface area contributed by atoms with Crippen LogP contribution < -0.4 is 4.90 Å². The SMILES string of the molecule is C[C@H](C#N)[NH+]1CCN(S(=O)(=O)c2cccc(Cl)c2)CC1. The predicted molar refractivity (Wildman–Crippen MR) is 76.0 cm³/mol. The minimum Gasteiger partial charge on any atom is -0.319 e. The van der Waals surface area contributed by atoms with Gasteiger partial charge in [0.05, 0.1) is 31.1 Å². The molecule has 1 aromatic rings. The first-order chi connectivity index (χ1) is 9.45. The van der Waals surface area contributed by atoms with Gasteiger partial charge in [-0.3, -0.25) is 0 Å². The Kier molecular flexibility index (Phi) is 4.66. The molecular weight excluding hydrogens is 298 g/mol. The molecule has 7 heteroatoms. The van der Waals surface area contributed by atoms with Crippen molar-refractivity contribution in [2.45, 2.75) is 17.9 Å². The van der Waals surface area contributed by atoms with Crippen LogP contribution in [0.25, 0.3) is 0 Å². The number of nitrogens with one attached hydrogen (secondary N) is 1. The molecule has 1 fully saturated rings. The third kappa shape index (κ3) is 3.13. The lowest BCUT2D eigenvalue weighted by Gasteiger charge is -2.32. The van der Waals surface area contributed by atoms with Crippen LogP contribution in [0.4, 0.5) is 0 Å². The van der Waals surface area contributed by atoms with Crippen LogP contribution in [0, 0.1) is 11.3 Å². The van der Waals surface area contributed by atoms with Gasteiger partial charge in [-0.1, -0.05) is 17.7 Å². The van der Waals surface area contributed by atoms with Crippen molar-refractivity contribution >= 4 is 21.6 Å². The van der Waals surface area contributed by atoms with Crippen molar-refractivity contribution in [2.75, 3.05) is 26.2 Å². The summed E-state index contributed by atoms with van der Waals surface area (Å²) < 4.78 is 26.4. The molecule has 1 heterocycles. The molecule has 2 rings (SSSR count). The molecule has 0 amide bonds. The summed E-state index contributed by atoms with van der Waals surface area (Å²) >= 11 is 5.85. The van der Waals surface area contributed by atoms with Crippen LogP contribution >= 0.6 is 11.6 Å². The standard InChI is InChI=1S/C13H16ClN3O2S/c1-11(10-15)16-5-7-17(8-6-16)20(18,19)13-4-2-3-12(14)9-13/h2-4,9,11H,5-8H2,1H3/p+1/t11-/m1/s1. The molecule has 1 N–H and O–H groups in total. The van der Waals surface area contributed by atoms with Crippen LogP contribution in [0.15, 0.2) is 29.2 Å². The highest BCUT2D eigenvalue weighted by Gasteiger charge is 2.32. The molecule has 1 saturated heterocycles. The quantitative estimate of drug-likeness (QED) is 0.863. The van der Waals surface area contributed by atoms with Gasteiger partial charge in [0.15, 0.2) is 6.04 Å². The average molecular weight is 315 g/mol. The predicted octanol–water partition coefficient (Wildman–Crippen LogP) is 0.141. The molecule has 108 valence electrons. The van der Waals surface area contributed by atoms with Crippen LogP contribution in [-0.2, 0) is 10.0 Å². The van der Waals surface area contributed by atoms with E-state index in [1.807, 2.05) is 6.92 Å². The Morgan fingerprint density at radius 2 is 2.05 bits per heavy atom. The number of rotatable bonds is 3. The second-order valence-electron chi connectivity index (χ2n) is 4.87. The van der Waals surface area contributed by atoms with E-state index in [-0.39, 0.29) is 10.9 Å². The van der Waals surface area contributed by atoms with Gasteiger partial charge in [0.2, 0.25) is 10.0 Å². The molecule has 0 aliphatic carbocycles. The van der Waals surface area contributed by atoms with Gasteiger partial charge in [-0.05, 0) is 18.2 Å².